The Bertz CT molecular complexity index is 570. The summed E-state index contributed by atoms with van der Waals surface area (Å²) in [5, 5.41) is 9.79. The molecule has 0 N–H and O–H groups in total. The first-order valence-corrected chi connectivity index (χ1v) is 5.06. The van der Waals surface area contributed by atoms with E-state index in [0.29, 0.717) is 6.42 Å². The Labute approximate surface area is 94.3 Å². The zero-order valence-corrected chi connectivity index (χ0v) is 9.32. The van der Waals surface area contributed by atoms with Gasteiger partial charge in [0.15, 0.2) is 0 Å². The van der Waals surface area contributed by atoms with Crippen LogP contribution in [0.1, 0.15) is 11.3 Å². The van der Waals surface area contributed by atoms with E-state index in [0.717, 1.165) is 27.9 Å². The van der Waals surface area contributed by atoms with E-state index in [1.807, 2.05) is 31.2 Å². The van der Waals surface area contributed by atoms with Crippen molar-refractivity contribution in [1.29, 1.82) is 5.26 Å². The summed E-state index contributed by atoms with van der Waals surface area (Å²) in [6.07, 6.45) is 0.396. The van der Waals surface area contributed by atoms with Crippen LogP contribution in [-0.2, 0) is 6.42 Å². The average Bonchev–Trinajstić information content (AvgIpc) is 2.29. The molecule has 0 unspecified atom stereocenters. The van der Waals surface area contributed by atoms with E-state index < -0.39 is 0 Å². The summed E-state index contributed by atoms with van der Waals surface area (Å²) in [6.45, 7) is 1.94. The number of aryl methyl sites for hydroxylation is 1. The molecule has 0 aliphatic heterocycles. The van der Waals surface area contributed by atoms with E-state index in [1.165, 1.54) is 0 Å². The molecule has 1 aromatic carbocycles. The average molecular weight is 212 g/mol. The lowest BCUT2D eigenvalue weighted by Gasteiger charge is -2.06. The van der Waals surface area contributed by atoms with E-state index in [4.69, 9.17) is 10.00 Å². The lowest BCUT2D eigenvalue weighted by molar-refractivity contribution is 0.415. The number of hydrogen-bond donors (Lipinski definition) is 0. The van der Waals surface area contributed by atoms with Gasteiger partial charge in [-0.15, -0.1) is 0 Å². The molecule has 0 amide bonds. The number of nitrogens with zero attached hydrogens (tertiary/aromatic N) is 2. The van der Waals surface area contributed by atoms with Gasteiger partial charge in [0.05, 0.1) is 25.1 Å². The van der Waals surface area contributed by atoms with Crippen molar-refractivity contribution in [1.82, 2.24) is 4.98 Å². The van der Waals surface area contributed by atoms with Crippen molar-refractivity contribution >= 4 is 10.9 Å². The van der Waals surface area contributed by atoms with E-state index in [2.05, 4.69) is 11.1 Å². The largest absolute Gasteiger partial charge is 0.497 e. The number of aromatic nitrogens is 1. The highest BCUT2D eigenvalue weighted by Gasteiger charge is 2.05. The zero-order valence-electron chi connectivity index (χ0n) is 9.32. The van der Waals surface area contributed by atoms with E-state index in [1.54, 1.807) is 7.11 Å². The number of fused-ring (bicyclic) bond motifs is 1. The Hall–Kier alpha value is -2.08. The molecule has 0 radical (unpaired) electrons. The van der Waals surface area contributed by atoms with Crippen LogP contribution in [0.4, 0.5) is 0 Å². The third kappa shape index (κ3) is 1.82. The maximum atomic E-state index is 8.79. The topological polar surface area (TPSA) is 45.9 Å². The first-order valence-electron chi connectivity index (χ1n) is 5.06. The SMILES string of the molecule is COc1ccc2nc(C)cc(CC#N)c2c1. The Morgan fingerprint density at radius 1 is 1.38 bits per heavy atom. The number of nitriles is 1. The van der Waals surface area contributed by atoms with Crippen LogP contribution < -0.4 is 4.74 Å². The molecule has 0 aliphatic carbocycles. The minimum absolute atomic E-state index is 0.396. The lowest BCUT2D eigenvalue weighted by atomic mass is 10.1. The predicted molar refractivity (Wildman–Crippen MR) is 62.3 cm³/mol. The highest BCUT2D eigenvalue weighted by molar-refractivity contribution is 5.84. The monoisotopic (exact) mass is 212 g/mol. The summed E-state index contributed by atoms with van der Waals surface area (Å²) in [6, 6.07) is 9.85. The van der Waals surface area contributed by atoms with Crippen LogP contribution in [0.15, 0.2) is 24.3 Å². The summed E-state index contributed by atoms with van der Waals surface area (Å²) in [5.74, 6) is 0.789. The van der Waals surface area contributed by atoms with Crippen molar-refractivity contribution in [3.05, 3.63) is 35.5 Å². The van der Waals surface area contributed by atoms with Crippen molar-refractivity contribution in [2.24, 2.45) is 0 Å². The van der Waals surface area contributed by atoms with Gasteiger partial charge in [-0.1, -0.05) is 0 Å². The number of pyridine rings is 1. The van der Waals surface area contributed by atoms with Gasteiger partial charge in [-0.3, -0.25) is 4.98 Å². The molecular weight excluding hydrogens is 200 g/mol. The predicted octanol–water partition coefficient (Wildman–Crippen LogP) is 2.62. The first-order chi connectivity index (χ1) is 7.74. The maximum Gasteiger partial charge on any atom is 0.119 e. The second-order valence-electron chi connectivity index (χ2n) is 3.64. The van der Waals surface area contributed by atoms with Gasteiger partial charge in [-0.2, -0.15) is 5.26 Å². The third-order valence-electron chi connectivity index (χ3n) is 2.50. The molecule has 0 bridgehead atoms. The summed E-state index contributed by atoms with van der Waals surface area (Å²) in [7, 11) is 1.63. The standard InChI is InChI=1S/C13H12N2O/c1-9-7-10(5-6-14)12-8-11(16-2)3-4-13(12)15-9/h3-4,7-8H,5H2,1-2H3. The van der Waals surface area contributed by atoms with E-state index >= 15 is 0 Å². The van der Waals surface area contributed by atoms with Gasteiger partial charge in [-0.25, -0.2) is 0 Å². The Morgan fingerprint density at radius 2 is 2.19 bits per heavy atom. The summed E-state index contributed by atoms with van der Waals surface area (Å²) in [4.78, 5) is 4.43. The quantitative estimate of drug-likeness (QED) is 0.768. The molecule has 1 aromatic heterocycles. The summed E-state index contributed by atoms with van der Waals surface area (Å²) < 4.78 is 5.17. The van der Waals surface area contributed by atoms with Gasteiger partial charge < -0.3 is 4.74 Å². The molecule has 0 spiro atoms. The number of methoxy groups -OCH3 is 1. The third-order valence-corrected chi connectivity index (χ3v) is 2.50. The van der Waals surface area contributed by atoms with Crippen LogP contribution in [0.5, 0.6) is 5.75 Å². The molecule has 0 atom stereocenters. The van der Waals surface area contributed by atoms with Crippen molar-refractivity contribution in [3.8, 4) is 11.8 Å². The minimum Gasteiger partial charge on any atom is -0.497 e. The van der Waals surface area contributed by atoms with Gasteiger partial charge >= 0.3 is 0 Å². The molecule has 3 nitrogen and oxygen atoms in total. The van der Waals surface area contributed by atoms with Crippen LogP contribution >= 0.6 is 0 Å². The Kier molecular flexibility index (Phi) is 2.74. The van der Waals surface area contributed by atoms with Crippen molar-refractivity contribution in [2.75, 3.05) is 7.11 Å². The molecular formula is C13H12N2O. The molecule has 1 heterocycles. The molecule has 80 valence electrons. The van der Waals surface area contributed by atoms with Gasteiger partial charge in [0, 0.05) is 11.1 Å². The fraction of sp³-hybridized carbons (Fsp3) is 0.231. The van der Waals surface area contributed by atoms with Crippen molar-refractivity contribution in [3.63, 3.8) is 0 Å². The normalized spacial score (nSPS) is 10.1. The van der Waals surface area contributed by atoms with Crippen molar-refractivity contribution in [2.45, 2.75) is 13.3 Å². The molecule has 0 aliphatic rings. The van der Waals surface area contributed by atoms with Crippen LogP contribution in [0.2, 0.25) is 0 Å². The number of benzene rings is 1. The van der Waals surface area contributed by atoms with Gasteiger partial charge in [0.1, 0.15) is 5.75 Å². The number of rotatable bonds is 2. The molecule has 3 heteroatoms. The van der Waals surface area contributed by atoms with E-state index in [9.17, 15) is 0 Å². The molecule has 0 fully saturated rings. The second-order valence-corrected chi connectivity index (χ2v) is 3.64. The zero-order chi connectivity index (χ0) is 11.5. The Morgan fingerprint density at radius 3 is 2.88 bits per heavy atom. The molecule has 0 saturated heterocycles. The summed E-state index contributed by atoms with van der Waals surface area (Å²) in [5.41, 5.74) is 2.85. The fourth-order valence-corrected chi connectivity index (χ4v) is 1.78. The summed E-state index contributed by atoms with van der Waals surface area (Å²) >= 11 is 0. The van der Waals surface area contributed by atoms with Crippen LogP contribution in [0.25, 0.3) is 10.9 Å². The number of ether oxygens (including phenoxy) is 1. The minimum atomic E-state index is 0.396. The first kappa shape index (κ1) is 10.4. The van der Waals surface area contributed by atoms with Gasteiger partial charge in [-0.05, 0) is 36.8 Å². The molecule has 2 rings (SSSR count). The molecule has 16 heavy (non-hydrogen) atoms. The highest BCUT2D eigenvalue weighted by Crippen LogP contribution is 2.23. The molecule has 0 saturated carbocycles. The molecule has 2 aromatic rings. The Balaban J connectivity index is 2.71. The maximum absolute atomic E-state index is 8.79. The van der Waals surface area contributed by atoms with Crippen LogP contribution in [-0.4, -0.2) is 12.1 Å². The van der Waals surface area contributed by atoms with E-state index in [-0.39, 0.29) is 0 Å². The van der Waals surface area contributed by atoms with Crippen molar-refractivity contribution < 1.29 is 4.74 Å². The van der Waals surface area contributed by atoms with Crippen LogP contribution in [0.3, 0.4) is 0 Å². The smallest absolute Gasteiger partial charge is 0.119 e. The fourth-order valence-electron chi connectivity index (χ4n) is 1.78. The number of hydrogen-bond acceptors (Lipinski definition) is 3. The second kappa shape index (κ2) is 4.19. The van der Waals surface area contributed by atoms with Gasteiger partial charge in [0.2, 0.25) is 0 Å². The lowest BCUT2D eigenvalue weighted by Crippen LogP contribution is -1.92. The highest BCUT2D eigenvalue weighted by atomic mass is 16.5. The van der Waals surface area contributed by atoms with Gasteiger partial charge in [0.25, 0.3) is 0 Å². The van der Waals surface area contributed by atoms with Crippen LogP contribution in [0, 0.1) is 18.3 Å².